The van der Waals surface area contributed by atoms with Crippen LogP contribution in [0.15, 0.2) is 29.3 Å². The van der Waals surface area contributed by atoms with Crippen molar-refractivity contribution in [3.63, 3.8) is 0 Å². The zero-order valence-electron chi connectivity index (χ0n) is 10.00. The molecule has 0 radical (unpaired) electrons. The zero-order valence-corrected chi connectivity index (χ0v) is 10.8. The van der Waals surface area contributed by atoms with E-state index in [2.05, 4.69) is 4.99 Å². The molecule has 0 saturated carbocycles. The maximum absolute atomic E-state index is 13.0. The standard InChI is InChI=1S/C12H11FN2O3S/c1-15-10(16)6-9(11(17)18)19-12(15)14-8-4-2-3-7(13)5-8/h2-5,9H,6H2,1H3,(H,17,18)/p-1/t9-/m1/s1. The molecule has 0 spiro atoms. The summed E-state index contributed by atoms with van der Waals surface area (Å²) in [5.41, 5.74) is 0.321. The minimum absolute atomic E-state index is 0.133. The predicted octanol–water partition coefficient (Wildman–Crippen LogP) is 0.527. The van der Waals surface area contributed by atoms with E-state index in [0.29, 0.717) is 5.69 Å². The number of aliphatic imine (C=N–C) groups is 1. The Morgan fingerprint density at radius 3 is 2.95 bits per heavy atom. The highest BCUT2D eigenvalue weighted by Crippen LogP contribution is 2.27. The van der Waals surface area contributed by atoms with Crippen LogP contribution in [0.3, 0.4) is 0 Å². The lowest BCUT2D eigenvalue weighted by molar-refractivity contribution is -0.304. The fourth-order valence-corrected chi connectivity index (χ4v) is 2.53. The van der Waals surface area contributed by atoms with Crippen LogP contribution < -0.4 is 5.11 Å². The monoisotopic (exact) mass is 281 g/mol. The summed E-state index contributed by atoms with van der Waals surface area (Å²) in [6.45, 7) is 0. The van der Waals surface area contributed by atoms with Crippen LogP contribution in [0.25, 0.3) is 0 Å². The Labute approximate surface area is 113 Å². The average molecular weight is 281 g/mol. The van der Waals surface area contributed by atoms with Gasteiger partial charge in [-0.2, -0.15) is 0 Å². The van der Waals surface area contributed by atoms with Gasteiger partial charge in [0.25, 0.3) is 0 Å². The van der Waals surface area contributed by atoms with E-state index >= 15 is 0 Å². The number of aliphatic carboxylic acids is 1. The van der Waals surface area contributed by atoms with Gasteiger partial charge in [-0.15, -0.1) is 0 Å². The van der Waals surface area contributed by atoms with Crippen LogP contribution >= 0.6 is 11.8 Å². The first-order valence-electron chi connectivity index (χ1n) is 5.45. The summed E-state index contributed by atoms with van der Waals surface area (Å²) in [7, 11) is 1.50. The molecule has 1 saturated heterocycles. The van der Waals surface area contributed by atoms with Gasteiger partial charge in [-0.05, 0) is 18.2 Å². The van der Waals surface area contributed by atoms with Crippen molar-refractivity contribution in [1.82, 2.24) is 4.90 Å². The Morgan fingerprint density at radius 1 is 1.58 bits per heavy atom. The first kappa shape index (κ1) is 13.5. The summed E-state index contributed by atoms with van der Waals surface area (Å²) in [5.74, 6) is -2.12. The number of carboxylic acid groups (broad SMARTS) is 1. The van der Waals surface area contributed by atoms with E-state index in [1.807, 2.05) is 0 Å². The van der Waals surface area contributed by atoms with E-state index in [-0.39, 0.29) is 17.5 Å². The molecule has 1 atom stereocenters. The van der Waals surface area contributed by atoms with Crippen LogP contribution in [0.4, 0.5) is 10.1 Å². The molecule has 0 aliphatic carbocycles. The van der Waals surface area contributed by atoms with Crippen molar-refractivity contribution in [2.75, 3.05) is 7.05 Å². The van der Waals surface area contributed by atoms with E-state index < -0.39 is 17.0 Å². The predicted molar refractivity (Wildman–Crippen MR) is 67.3 cm³/mol. The van der Waals surface area contributed by atoms with Gasteiger partial charge in [0.15, 0.2) is 5.17 Å². The molecule has 0 unspecified atom stereocenters. The van der Waals surface area contributed by atoms with Crippen LogP contribution in [-0.4, -0.2) is 34.2 Å². The Bertz CT molecular complexity index is 562. The first-order valence-corrected chi connectivity index (χ1v) is 6.33. The summed E-state index contributed by atoms with van der Waals surface area (Å²) in [6.07, 6.45) is -0.133. The summed E-state index contributed by atoms with van der Waals surface area (Å²) >= 11 is 0.923. The van der Waals surface area contributed by atoms with Crippen molar-refractivity contribution in [3.05, 3.63) is 30.1 Å². The SMILES string of the molecule is CN1C(=O)C[C@H](C(=O)[O-])SC1=Nc1cccc(F)c1. The third kappa shape index (κ3) is 3.11. The Morgan fingerprint density at radius 2 is 2.32 bits per heavy atom. The minimum Gasteiger partial charge on any atom is -0.549 e. The number of carbonyl (C=O) groups is 2. The number of carbonyl (C=O) groups excluding carboxylic acids is 2. The molecule has 19 heavy (non-hydrogen) atoms. The van der Waals surface area contributed by atoms with Gasteiger partial charge in [-0.3, -0.25) is 9.69 Å². The molecule has 1 heterocycles. The molecule has 1 aliphatic heterocycles. The molecule has 0 N–H and O–H groups in total. The van der Waals surface area contributed by atoms with Crippen LogP contribution in [0.5, 0.6) is 0 Å². The highest BCUT2D eigenvalue weighted by Gasteiger charge is 2.30. The number of carboxylic acids is 1. The normalized spacial score (nSPS) is 21.8. The van der Waals surface area contributed by atoms with Gasteiger partial charge in [-0.25, -0.2) is 9.38 Å². The lowest BCUT2D eigenvalue weighted by Gasteiger charge is -2.29. The van der Waals surface area contributed by atoms with Gasteiger partial charge >= 0.3 is 0 Å². The number of nitrogens with zero attached hydrogens (tertiary/aromatic N) is 2. The molecule has 100 valence electrons. The van der Waals surface area contributed by atoms with Crippen LogP contribution in [0.2, 0.25) is 0 Å². The van der Waals surface area contributed by atoms with E-state index in [1.165, 1.54) is 30.1 Å². The quantitative estimate of drug-likeness (QED) is 0.792. The molecule has 1 aromatic rings. The van der Waals surface area contributed by atoms with Crippen molar-refractivity contribution in [2.24, 2.45) is 4.99 Å². The second-order valence-corrected chi connectivity index (χ2v) is 5.13. The number of rotatable bonds is 2. The summed E-state index contributed by atoms with van der Waals surface area (Å²) in [5, 5.41) is 10.1. The van der Waals surface area contributed by atoms with E-state index in [9.17, 15) is 19.1 Å². The highest BCUT2D eigenvalue weighted by atomic mass is 32.2. The van der Waals surface area contributed by atoms with Crippen molar-refractivity contribution in [1.29, 1.82) is 0 Å². The molecule has 5 nitrogen and oxygen atoms in total. The summed E-state index contributed by atoms with van der Waals surface area (Å²) in [6, 6.07) is 5.53. The summed E-state index contributed by atoms with van der Waals surface area (Å²) in [4.78, 5) is 27.8. The summed E-state index contributed by atoms with van der Waals surface area (Å²) < 4.78 is 13.0. The lowest BCUT2D eigenvalue weighted by atomic mass is 10.3. The topological polar surface area (TPSA) is 72.8 Å². The van der Waals surface area contributed by atoms with Crippen molar-refractivity contribution in [2.45, 2.75) is 11.7 Å². The number of amidine groups is 1. The number of hydrogen-bond acceptors (Lipinski definition) is 5. The van der Waals surface area contributed by atoms with Gasteiger partial charge in [0.05, 0.1) is 16.9 Å². The van der Waals surface area contributed by atoms with Crippen molar-refractivity contribution >= 4 is 34.5 Å². The van der Waals surface area contributed by atoms with Gasteiger partial charge in [0.2, 0.25) is 5.91 Å². The van der Waals surface area contributed by atoms with Gasteiger partial charge < -0.3 is 9.90 Å². The van der Waals surface area contributed by atoms with Gasteiger partial charge in [-0.1, -0.05) is 17.8 Å². The molecule has 7 heteroatoms. The molecule has 1 aromatic carbocycles. The van der Waals surface area contributed by atoms with E-state index in [1.54, 1.807) is 6.07 Å². The second kappa shape index (κ2) is 5.40. The third-order valence-corrected chi connectivity index (χ3v) is 3.78. The zero-order chi connectivity index (χ0) is 14.0. The van der Waals surface area contributed by atoms with Crippen LogP contribution in [0, 0.1) is 5.82 Å². The van der Waals surface area contributed by atoms with Gasteiger partial charge in [0.1, 0.15) is 5.82 Å². The first-order chi connectivity index (χ1) is 8.97. The molecule has 0 aromatic heterocycles. The van der Waals surface area contributed by atoms with Crippen molar-refractivity contribution in [3.8, 4) is 0 Å². The van der Waals surface area contributed by atoms with Crippen molar-refractivity contribution < 1.29 is 19.1 Å². The number of benzene rings is 1. The Kier molecular flexibility index (Phi) is 3.84. The molecule has 2 rings (SSSR count). The average Bonchev–Trinajstić information content (AvgIpc) is 2.34. The molecule has 0 bridgehead atoms. The molecule has 1 fully saturated rings. The maximum Gasteiger partial charge on any atom is 0.229 e. The van der Waals surface area contributed by atoms with Gasteiger partial charge in [0, 0.05) is 13.5 Å². The number of amides is 1. The smallest absolute Gasteiger partial charge is 0.229 e. The Hall–Kier alpha value is -1.89. The second-order valence-electron chi connectivity index (χ2n) is 3.96. The third-order valence-electron chi connectivity index (χ3n) is 2.56. The largest absolute Gasteiger partial charge is 0.549 e. The number of hydrogen-bond donors (Lipinski definition) is 0. The molecular weight excluding hydrogens is 271 g/mol. The fourth-order valence-electron chi connectivity index (χ4n) is 1.54. The molecular formula is C12H10FN2O3S-. The van der Waals surface area contributed by atoms with Crippen LogP contribution in [0.1, 0.15) is 6.42 Å². The fraction of sp³-hybridized carbons (Fsp3) is 0.250. The highest BCUT2D eigenvalue weighted by molar-refractivity contribution is 8.15. The number of halogens is 1. The van der Waals surface area contributed by atoms with E-state index in [4.69, 9.17) is 0 Å². The maximum atomic E-state index is 13.0. The molecule has 1 aliphatic rings. The van der Waals surface area contributed by atoms with Crippen LogP contribution in [-0.2, 0) is 9.59 Å². The number of thioether (sulfide) groups is 1. The lowest BCUT2D eigenvalue weighted by Crippen LogP contribution is -2.45. The van der Waals surface area contributed by atoms with E-state index in [0.717, 1.165) is 11.8 Å². The minimum atomic E-state index is -1.31. The Balaban J connectivity index is 2.30. The molecule has 1 amide bonds.